The third kappa shape index (κ3) is 3.69. The summed E-state index contributed by atoms with van der Waals surface area (Å²) in [6.45, 7) is 5.59. The first kappa shape index (κ1) is 19.4. The molecule has 28 heavy (non-hydrogen) atoms. The number of hydrogen-bond donors (Lipinski definition) is 0. The zero-order chi connectivity index (χ0) is 20.4. The van der Waals surface area contributed by atoms with Crippen molar-refractivity contribution < 1.29 is 18.7 Å². The molecule has 0 unspecified atom stereocenters. The van der Waals surface area contributed by atoms with E-state index >= 15 is 0 Å². The van der Waals surface area contributed by atoms with Crippen LogP contribution in [-0.4, -0.2) is 27.4 Å². The van der Waals surface area contributed by atoms with Crippen LogP contribution in [0, 0.1) is 12.7 Å². The predicted octanol–water partition coefficient (Wildman–Crippen LogP) is 3.29. The Morgan fingerprint density at radius 3 is 2.50 bits per heavy atom. The third-order valence-electron chi connectivity index (χ3n) is 4.40. The predicted molar refractivity (Wildman–Crippen MR) is 102 cm³/mol. The highest BCUT2D eigenvalue weighted by Gasteiger charge is 2.23. The van der Waals surface area contributed by atoms with Gasteiger partial charge >= 0.3 is 5.97 Å². The first-order chi connectivity index (χ1) is 13.3. The van der Waals surface area contributed by atoms with E-state index in [2.05, 4.69) is 4.98 Å². The molecule has 1 atom stereocenters. The number of halogens is 1. The maximum atomic E-state index is 13.0. The Hall–Kier alpha value is -3.35. The fourth-order valence-electron chi connectivity index (χ4n) is 2.87. The lowest BCUT2D eigenvalue weighted by Gasteiger charge is -2.14. The Morgan fingerprint density at radius 1 is 1.18 bits per heavy atom. The average Bonchev–Trinajstić information content (AvgIpc) is 2.68. The molecule has 0 saturated heterocycles. The van der Waals surface area contributed by atoms with Gasteiger partial charge in [-0.1, -0.05) is 0 Å². The van der Waals surface area contributed by atoms with E-state index in [0.29, 0.717) is 17.6 Å². The molecule has 0 fully saturated rings. The normalized spacial score (nSPS) is 12.0. The second-order valence-electron chi connectivity index (χ2n) is 6.40. The molecule has 0 aliphatic carbocycles. The number of ketones is 1. The highest BCUT2D eigenvalue weighted by Crippen LogP contribution is 2.13. The van der Waals surface area contributed by atoms with Gasteiger partial charge in [-0.15, -0.1) is 0 Å². The summed E-state index contributed by atoms with van der Waals surface area (Å²) >= 11 is 0. The van der Waals surface area contributed by atoms with Crippen molar-refractivity contribution in [2.45, 2.75) is 33.4 Å². The van der Waals surface area contributed by atoms with Crippen LogP contribution in [-0.2, 0) is 11.3 Å². The van der Waals surface area contributed by atoms with E-state index in [0.717, 1.165) is 17.8 Å². The van der Waals surface area contributed by atoms with Crippen molar-refractivity contribution in [3.05, 3.63) is 75.5 Å². The largest absolute Gasteiger partial charge is 0.451 e. The van der Waals surface area contributed by atoms with Crippen molar-refractivity contribution in [3.8, 4) is 0 Å². The highest BCUT2D eigenvalue weighted by molar-refractivity contribution is 6.01. The van der Waals surface area contributed by atoms with Crippen molar-refractivity contribution in [1.29, 1.82) is 0 Å². The molecular weight excluding hydrogens is 363 g/mol. The van der Waals surface area contributed by atoms with Gasteiger partial charge in [0.2, 0.25) is 11.2 Å². The number of aromatic nitrogens is 2. The molecule has 3 rings (SSSR count). The summed E-state index contributed by atoms with van der Waals surface area (Å²) in [4.78, 5) is 42.1. The topological polar surface area (TPSA) is 78.3 Å². The van der Waals surface area contributed by atoms with Gasteiger partial charge in [0.15, 0.2) is 6.10 Å². The van der Waals surface area contributed by atoms with Crippen LogP contribution in [0.15, 0.2) is 47.4 Å². The monoisotopic (exact) mass is 382 g/mol. The molecule has 0 radical (unpaired) electrons. The first-order valence-corrected chi connectivity index (χ1v) is 8.83. The number of pyridine rings is 2. The first-order valence-electron chi connectivity index (χ1n) is 8.83. The number of aryl methyl sites for hydroxylation is 2. The minimum atomic E-state index is -1.13. The lowest BCUT2D eigenvalue weighted by molar-refractivity contribution is 0.0317. The van der Waals surface area contributed by atoms with Crippen LogP contribution >= 0.6 is 0 Å². The van der Waals surface area contributed by atoms with Crippen LogP contribution in [0.3, 0.4) is 0 Å². The average molecular weight is 382 g/mol. The highest BCUT2D eigenvalue weighted by atomic mass is 19.1. The number of fused-ring (bicyclic) bond motifs is 1. The van der Waals surface area contributed by atoms with Crippen LogP contribution in [0.5, 0.6) is 0 Å². The fraction of sp³-hybridized carbons (Fsp3) is 0.238. The summed E-state index contributed by atoms with van der Waals surface area (Å²) in [5, 5.41) is 0.305. The molecule has 7 heteroatoms. The molecular formula is C21H19FN2O4. The van der Waals surface area contributed by atoms with E-state index in [1.54, 1.807) is 16.7 Å². The van der Waals surface area contributed by atoms with E-state index in [1.807, 2.05) is 13.8 Å². The number of esters is 1. The minimum absolute atomic E-state index is 0.168. The SMILES string of the molecule is CCn1cc(C(=O)O[C@@H](C)C(=O)c2ccc(F)cc2)c(=O)c2ccc(C)nc21. The number of ether oxygens (including phenoxy) is 1. The van der Waals surface area contributed by atoms with E-state index in [4.69, 9.17) is 4.74 Å². The van der Waals surface area contributed by atoms with Crippen molar-refractivity contribution in [2.24, 2.45) is 0 Å². The van der Waals surface area contributed by atoms with Crippen LogP contribution in [0.4, 0.5) is 4.39 Å². The van der Waals surface area contributed by atoms with E-state index in [-0.39, 0.29) is 11.1 Å². The summed E-state index contributed by atoms with van der Waals surface area (Å²) in [6.07, 6.45) is 0.272. The molecule has 0 amide bonds. The van der Waals surface area contributed by atoms with E-state index in [9.17, 15) is 18.8 Å². The smallest absolute Gasteiger partial charge is 0.344 e. The van der Waals surface area contributed by atoms with Crippen LogP contribution < -0.4 is 5.43 Å². The Bertz CT molecular complexity index is 1120. The molecule has 0 saturated carbocycles. The van der Waals surface area contributed by atoms with Crippen LogP contribution in [0.1, 0.15) is 40.3 Å². The number of hydrogen-bond acceptors (Lipinski definition) is 5. The van der Waals surface area contributed by atoms with Crippen molar-refractivity contribution in [2.75, 3.05) is 0 Å². The number of carbonyl (C=O) groups excluding carboxylic acids is 2. The summed E-state index contributed by atoms with van der Waals surface area (Å²) < 4.78 is 19.9. The number of nitrogens with zero attached hydrogens (tertiary/aromatic N) is 2. The quantitative estimate of drug-likeness (QED) is 0.500. The number of benzene rings is 1. The Morgan fingerprint density at radius 2 is 1.86 bits per heavy atom. The summed E-state index contributed by atoms with van der Waals surface area (Å²) in [7, 11) is 0. The Balaban J connectivity index is 1.92. The molecule has 2 heterocycles. The van der Waals surface area contributed by atoms with Gasteiger partial charge in [-0.2, -0.15) is 0 Å². The second-order valence-corrected chi connectivity index (χ2v) is 6.40. The molecule has 0 aliphatic heterocycles. The maximum Gasteiger partial charge on any atom is 0.344 e. The van der Waals surface area contributed by atoms with Gasteiger partial charge in [0, 0.05) is 24.0 Å². The number of Topliss-reactive ketones (excluding diaryl/α,β-unsaturated/α-hetero) is 1. The summed E-state index contributed by atoms with van der Waals surface area (Å²) in [5.74, 6) is -1.85. The summed E-state index contributed by atoms with van der Waals surface area (Å²) in [5.41, 5.74) is 0.783. The van der Waals surface area contributed by atoms with Gasteiger partial charge in [-0.25, -0.2) is 14.2 Å². The lowest BCUT2D eigenvalue weighted by atomic mass is 10.1. The molecule has 0 N–H and O–H groups in total. The van der Waals surface area contributed by atoms with Crippen molar-refractivity contribution in [1.82, 2.24) is 9.55 Å². The number of carbonyl (C=O) groups is 2. The Labute approximate surface area is 160 Å². The zero-order valence-corrected chi connectivity index (χ0v) is 15.7. The van der Waals surface area contributed by atoms with Crippen molar-refractivity contribution >= 4 is 22.8 Å². The summed E-state index contributed by atoms with van der Waals surface area (Å²) in [6, 6.07) is 8.25. The van der Waals surface area contributed by atoms with Crippen LogP contribution in [0.25, 0.3) is 11.0 Å². The molecule has 0 aliphatic rings. The van der Waals surface area contributed by atoms with Crippen LogP contribution in [0.2, 0.25) is 0 Å². The van der Waals surface area contributed by atoms with Gasteiger partial charge in [-0.3, -0.25) is 9.59 Å². The van der Waals surface area contributed by atoms with Gasteiger partial charge in [0.05, 0.1) is 5.39 Å². The molecule has 2 aromatic heterocycles. The van der Waals surface area contributed by atoms with E-state index < -0.39 is 29.1 Å². The van der Waals surface area contributed by atoms with Gasteiger partial charge in [0.25, 0.3) is 0 Å². The standard InChI is InChI=1S/C21H19FN2O4/c1-4-24-11-17(19(26)16-10-5-12(2)23-20(16)24)21(27)28-13(3)18(25)14-6-8-15(22)9-7-14/h5-11,13H,4H2,1-3H3/t13-/m0/s1. The zero-order valence-electron chi connectivity index (χ0n) is 15.7. The fourth-order valence-corrected chi connectivity index (χ4v) is 2.87. The molecule has 3 aromatic rings. The third-order valence-corrected chi connectivity index (χ3v) is 4.40. The van der Waals surface area contributed by atoms with Gasteiger partial charge in [0.1, 0.15) is 17.0 Å². The molecule has 1 aromatic carbocycles. The Kier molecular flexibility index (Phi) is 5.35. The molecule has 6 nitrogen and oxygen atoms in total. The molecule has 0 spiro atoms. The van der Waals surface area contributed by atoms with Crippen molar-refractivity contribution in [3.63, 3.8) is 0 Å². The van der Waals surface area contributed by atoms with E-state index in [1.165, 1.54) is 25.3 Å². The minimum Gasteiger partial charge on any atom is -0.451 e. The molecule has 0 bridgehead atoms. The number of rotatable bonds is 5. The second kappa shape index (κ2) is 7.72. The lowest BCUT2D eigenvalue weighted by Crippen LogP contribution is -2.28. The maximum absolute atomic E-state index is 13.0. The van der Waals surface area contributed by atoms with Gasteiger partial charge < -0.3 is 9.30 Å². The molecule has 144 valence electrons. The van der Waals surface area contributed by atoms with Gasteiger partial charge in [-0.05, 0) is 57.2 Å².